The Morgan fingerprint density at radius 1 is 1.57 bits per heavy atom. The molecule has 0 bridgehead atoms. The summed E-state index contributed by atoms with van der Waals surface area (Å²) in [5.74, 6) is 1.77. The number of hydrogen-bond donors (Lipinski definition) is 2. The van der Waals surface area contributed by atoms with Crippen molar-refractivity contribution in [1.82, 2.24) is 4.98 Å². The van der Waals surface area contributed by atoms with Gasteiger partial charge in [-0.3, -0.25) is 4.79 Å². The van der Waals surface area contributed by atoms with Crippen molar-refractivity contribution in [3.63, 3.8) is 0 Å². The Balaban J connectivity index is 0.000000293. The van der Waals surface area contributed by atoms with Crippen LogP contribution < -0.4 is 5.32 Å². The second-order valence-corrected chi connectivity index (χ2v) is 3.11. The van der Waals surface area contributed by atoms with Gasteiger partial charge >= 0.3 is 0 Å². The summed E-state index contributed by atoms with van der Waals surface area (Å²) >= 11 is 0. The van der Waals surface area contributed by atoms with Gasteiger partial charge in [-0.05, 0) is 30.4 Å². The van der Waals surface area contributed by atoms with E-state index >= 15 is 0 Å². The van der Waals surface area contributed by atoms with Crippen LogP contribution in [0.4, 0.5) is 5.82 Å². The van der Waals surface area contributed by atoms with Gasteiger partial charge in [0.15, 0.2) is 0 Å². The Morgan fingerprint density at radius 2 is 2.21 bits per heavy atom. The van der Waals surface area contributed by atoms with Crippen LogP contribution in [-0.4, -0.2) is 23.6 Å². The molecule has 0 aliphatic heterocycles. The van der Waals surface area contributed by atoms with Gasteiger partial charge in [0, 0.05) is 13.2 Å². The van der Waals surface area contributed by atoms with Gasteiger partial charge in [-0.15, -0.1) is 0 Å². The summed E-state index contributed by atoms with van der Waals surface area (Å²) in [5.41, 5.74) is 1.39. The lowest BCUT2D eigenvalue weighted by atomic mass is 10.2. The van der Waals surface area contributed by atoms with E-state index in [2.05, 4.69) is 16.4 Å². The van der Waals surface area contributed by atoms with Gasteiger partial charge in [0.1, 0.15) is 5.82 Å². The van der Waals surface area contributed by atoms with Crippen molar-refractivity contribution in [2.24, 2.45) is 0 Å². The highest BCUT2D eigenvalue weighted by atomic mass is 16.3. The predicted octanol–water partition coefficient (Wildman–Crippen LogP) is 1.70. The molecule has 14 heavy (non-hydrogen) atoms. The summed E-state index contributed by atoms with van der Waals surface area (Å²) in [6.07, 6.45) is 4.67. The van der Waals surface area contributed by atoms with Crippen LogP contribution in [0.2, 0.25) is 0 Å². The summed E-state index contributed by atoms with van der Waals surface area (Å²) in [6.45, 7) is -0.250. The zero-order chi connectivity index (χ0) is 10.4. The maximum atomic E-state index is 8.36. The molecule has 0 saturated heterocycles. The van der Waals surface area contributed by atoms with Crippen LogP contribution in [0.15, 0.2) is 18.3 Å². The highest BCUT2D eigenvalue weighted by Crippen LogP contribution is 2.39. The van der Waals surface area contributed by atoms with Gasteiger partial charge in [-0.25, -0.2) is 4.98 Å². The molecule has 1 aliphatic rings. The second-order valence-electron chi connectivity index (χ2n) is 3.11. The third-order valence-corrected chi connectivity index (χ3v) is 2.09. The van der Waals surface area contributed by atoms with Crippen molar-refractivity contribution < 1.29 is 9.90 Å². The number of nitrogens with zero attached hydrogens (tertiary/aromatic N) is 1. The molecule has 2 N–H and O–H groups in total. The highest BCUT2D eigenvalue weighted by Gasteiger charge is 2.23. The summed E-state index contributed by atoms with van der Waals surface area (Å²) in [6, 6.07) is 4.20. The van der Waals surface area contributed by atoms with E-state index < -0.39 is 0 Å². The minimum atomic E-state index is -0.250. The molecule has 4 heteroatoms. The molecular weight excluding hydrogens is 180 g/mol. The van der Waals surface area contributed by atoms with Gasteiger partial charge in [0.05, 0.1) is 0 Å². The summed E-state index contributed by atoms with van der Waals surface area (Å²) in [4.78, 5) is 12.6. The number of nitrogens with one attached hydrogen (secondary N) is 1. The van der Waals surface area contributed by atoms with Crippen molar-refractivity contribution >= 4 is 12.3 Å². The standard InChI is InChI=1S/C9H12N2.CH2O2/c1-10-9-5-4-8(6-11-9)7-2-3-7;2-1-3/h4-7H,2-3H2,1H3,(H,10,11);1H,(H,2,3). The lowest BCUT2D eigenvalue weighted by Crippen LogP contribution is -1.91. The average Bonchev–Trinajstić information content (AvgIpc) is 3.03. The zero-order valence-corrected chi connectivity index (χ0v) is 8.10. The van der Waals surface area contributed by atoms with E-state index in [-0.39, 0.29) is 6.47 Å². The van der Waals surface area contributed by atoms with Crippen molar-refractivity contribution in [1.29, 1.82) is 0 Å². The maximum Gasteiger partial charge on any atom is 0.290 e. The van der Waals surface area contributed by atoms with E-state index in [0.29, 0.717) is 0 Å². The molecular formula is C10H14N2O2. The van der Waals surface area contributed by atoms with Gasteiger partial charge < -0.3 is 10.4 Å². The summed E-state index contributed by atoms with van der Waals surface area (Å²) in [7, 11) is 1.89. The van der Waals surface area contributed by atoms with E-state index in [1.54, 1.807) is 0 Å². The van der Waals surface area contributed by atoms with Gasteiger partial charge in [0.25, 0.3) is 6.47 Å². The van der Waals surface area contributed by atoms with Crippen molar-refractivity contribution in [2.75, 3.05) is 12.4 Å². The molecule has 0 aromatic carbocycles. The zero-order valence-electron chi connectivity index (χ0n) is 8.10. The smallest absolute Gasteiger partial charge is 0.290 e. The molecule has 0 radical (unpaired) electrons. The largest absolute Gasteiger partial charge is 0.483 e. The minimum Gasteiger partial charge on any atom is -0.483 e. The number of rotatable bonds is 2. The number of aromatic nitrogens is 1. The molecule has 2 rings (SSSR count). The monoisotopic (exact) mass is 194 g/mol. The first kappa shape index (κ1) is 10.5. The second kappa shape index (κ2) is 5.21. The van der Waals surface area contributed by atoms with Crippen LogP contribution in [-0.2, 0) is 4.79 Å². The number of anilines is 1. The van der Waals surface area contributed by atoms with Gasteiger partial charge in [-0.1, -0.05) is 6.07 Å². The normalized spacial score (nSPS) is 13.8. The summed E-state index contributed by atoms with van der Waals surface area (Å²) < 4.78 is 0. The Morgan fingerprint density at radius 3 is 2.57 bits per heavy atom. The van der Waals surface area contributed by atoms with Gasteiger partial charge in [0.2, 0.25) is 0 Å². The fourth-order valence-corrected chi connectivity index (χ4v) is 1.21. The number of pyridine rings is 1. The van der Waals surface area contributed by atoms with E-state index in [0.717, 1.165) is 11.7 Å². The fourth-order valence-electron chi connectivity index (χ4n) is 1.21. The fraction of sp³-hybridized carbons (Fsp3) is 0.400. The minimum absolute atomic E-state index is 0.250. The lowest BCUT2D eigenvalue weighted by Gasteiger charge is -1.99. The Hall–Kier alpha value is -1.58. The molecule has 4 nitrogen and oxygen atoms in total. The average molecular weight is 194 g/mol. The Kier molecular flexibility index (Phi) is 3.91. The van der Waals surface area contributed by atoms with Crippen molar-refractivity contribution in [3.8, 4) is 0 Å². The van der Waals surface area contributed by atoms with Gasteiger partial charge in [-0.2, -0.15) is 0 Å². The van der Waals surface area contributed by atoms with E-state index in [9.17, 15) is 0 Å². The molecule has 0 amide bonds. The predicted molar refractivity (Wildman–Crippen MR) is 54.5 cm³/mol. The molecule has 0 atom stereocenters. The third-order valence-electron chi connectivity index (χ3n) is 2.09. The molecule has 0 unspecified atom stereocenters. The number of carboxylic acid groups (broad SMARTS) is 1. The molecule has 1 aromatic heterocycles. The Labute approximate surface area is 83.0 Å². The molecule has 0 spiro atoms. The van der Waals surface area contributed by atoms with E-state index in [1.807, 2.05) is 19.3 Å². The van der Waals surface area contributed by atoms with E-state index in [1.165, 1.54) is 18.4 Å². The molecule has 1 aromatic rings. The first-order chi connectivity index (χ1) is 6.81. The molecule has 1 saturated carbocycles. The van der Waals surface area contributed by atoms with Crippen LogP contribution >= 0.6 is 0 Å². The molecule has 1 aliphatic carbocycles. The Bertz CT molecular complexity index is 281. The van der Waals surface area contributed by atoms with Crippen LogP contribution in [0, 0.1) is 0 Å². The SMILES string of the molecule is CNc1ccc(C2CC2)cn1.O=CO. The molecule has 1 fully saturated rings. The maximum absolute atomic E-state index is 8.36. The first-order valence-corrected chi connectivity index (χ1v) is 4.53. The van der Waals surface area contributed by atoms with Crippen LogP contribution in [0.1, 0.15) is 24.3 Å². The number of carbonyl (C=O) groups is 1. The molecule has 76 valence electrons. The quantitative estimate of drug-likeness (QED) is 0.703. The van der Waals surface area contributed by atoms with Crippen LogP contribution in [0.25, 0.3) is 0 Å². The lowest BCUT2D eigenvalue weighted by molar-refractivity contribution is -0.122. The molecule has 1 heterocycles. The van der Waals surface area contributed by atoms with Crippen LogP contribution in [0.3, 0.4) is 0 Å². The highest BCUT2D eigenvalue weighted by molar-refractivity contribution is 5.36. The van der Waals surface area contributed by atoms with Crippen LogP contribution in [0.5, 0.6) is 0 Å². The first-order valence-electron chi connectivity index (χ1n) is 4.53. The third kappa shape index (κ3) is 3.05. The topological polar surface area (TPSA) is 62.2 Å². The van der Waals surface area contributed by atoms with Crippen molar-refractivity contribution in [2.45, 2.75) is 18.8 Å². The van der Waals surface area contributed by atoms with E-state index in [4.69, 9.17) is 9.90 Å². The summed E-state index contributed by atoms with van der Waals surface area (Å²) in [5, 5.41) is 9.89. The van der Waals surface area contributed by atoms with Crippen molar-refractivity contribution in [3.05, 3.63) is 23.9 Å². The number of hydrogen-bond acceptors (Lipinski definition) is 3.